The zero-order chi connectivity index (χ0) is 22.2. The molecule has 1 aliphatic carbocycles. The second-order valence-electron chi connectivity index (χ2n) is 8.17. The smallest absolute Gasteiger partial charge is 0.251 e. The van der Waals surface area contributed by atoms with Crippen LogP contribution in [0.25, 0.3) is 0 Å². The van der Waals surface area contributed by atoms with E-state index < -0.39 is 16.1 Å². The van der Waals surface area contributed by atoms with Crippen LogP contribution in [0.15, 0.2) is 33.7 Å². The van der Waals surface area contributed by atoms with E-state index in [-0.39, 0.29) is 42.3 Å². The molecule has 1 saturated carbocycles. The van der Waals surface area contributed by atoms with E-state index in [4.69, 9.17) is 4.52 Å². The van der Waals surface area contributed by atoms with Gasteiger partial charge >= 0.3 is 0 Å². The Morgan fingerprint density at radius 1 is 1.26 bits per heavy atom. The third kappa shape index (κ3) is 4.62. The molecular weight excluding hydrogens is 422 g/mol. The summed E-state index contributed by atoms with van der Waals surface area (Å²) in [5.41, 5.74) is 0.308. The van der Waals surface area contributed by atoms with Gasteiger partial charge in [0.25, 0.3) is 5.91 Å². The zero-order valence-corrected chi connectivity index (χ0v) is 18.2. The van der Waals surface area contributed by atoms with Crippen molar-refractivity contribution in [3.05, 3.63) is 41.5 Å². The number of hydrogen-bond donors (Lipinski definition) is 2. The Balaban J connectivity index is 1.47. The van der Waals surface area contributed by atoms with Crippen LogP contribution < -0.4 is 10.6 Å². The van der Waals surface area contributed by atoms with Gasteiger partial charge in [0.05, 0.1) is 11.4 Å². The lowest BCUT2D eigenvalue weighted by molar-refractivity contribution is -0.122. The fraction of sp³-hybridized carbons (Fsp3) is 0.500. The maximum absolute atomic E-state index is 12.8. The quantitative estimate of drug-likeness (QED) is 0.651. The molecule has 1 unspecified atom stereocenters. The van der Waals surface area contributed by atoms with Crippen molar-refractivity contribution in [3.8, 4) is 0 Å². The number of rotatable bonds is 7. The van der Waals surface area contributed by atoms with Crippen molar-refractivity contribution in [2.45, 2.75) is 43.5 Å². The molecule has 1 aromatic heterocycles. The molecule has 0 radical (unpaired) electrons. The number of piperazine rings is 1. The van der Waals surface area contributed by atoms with Gasteiger partial charge < -0.3 is 15.2 Å². The number of amides is 2. The molecule has 2 fully saturated rings. The van der Waals surface area contributed by atoms with Gasteiger partial charge in [0.2, 0.25) is 21.8 Å². The molecule has 1 saturated heterocycles. The molecule has 1 aromatic carbocycles. The average Bonchev–Trinajstić information content (AvgIpc) is 3.49. The molecule has 2 aliphatic rings. The number of benzene rings is 1. The Morgan fingerprint density at radius 3 is 2.58 bits per heavy atom. The molecule has 1 aliphatic heterocycles. The molecule has 2 heterocycles. The van der Waals surface area contributed by atoms with Gasteiger partial charge in [0, 0.05) is 24.6 Å². The van der Waals surface area contributed by atoms with E-state index in [0.29, 0.717) is 23.2 Å². The zero-order valence-electron chi connectivity index (χ0n) is 17.4. The standard InChI is InChI=1S/C20H25N5O5S/c1-12(2)17(20-23-18(24-30-20)13-3-4-13)22-19(27)14-5-7-15(8-6-14)31(28,29)25-10-9-21-16(26)11-25/h5-8,12-13,17H,3-4,9-11H2,1-2H3,(H,21,26)(H,22,27). The summed E-state index contributed by atoms with van der Waals surface area (Å²) in [6, 6.07) is 5.20. The van der Waals surface area contributed by atoms with E-state index in [1.807, 2.05) is 13.8 Å². The minimum absolute atomic E-state index is 0.0151. The van der Waals surface area contributed by atoms with Crippen molar-refractivity contribution in [2.24, 2.45) is 5.92 Å². The van der Waals surface area contributed by atoms with Gasteiger partial charge in [-0.25, -0.2) is 8.42 Å². The van der Waals surface area contributed by atoms with E-state index in [1.165, 1.54) is 24.3 Å². The first-order chi connectivity index (χ1) is 14.8. The van der Waals surface area contributed by atoms with E-state index in [0.717, 1.165) is 17.1 Å². The number of carbonyl (C=O) groups is 2. The molecule has 2 amide bonds. The number of sulfonamides is 1. The van der Waals surface area contributed by atoms with E-state index in [2.05, 4.69) is 20.8 Å². The van der Waals surface area contributed by atoms with Gasteiger partial charge in [-0.3, -0.25) is 9.59 Å². The van der Waals surface area contributed by atoms with Crippen molar-refractivity contribution in [3.63, 3.8) is 0 Å². The largest absolute Gasteiger partial charge is 0.354 e. The lowest BCUT2D eigenvalue weighted by Gasteiger charge is -2.26. The summed E-state index contributed by atoms with van der Waals surface area (Å²) >= 11 is 0. The first-order valence-corrected chi connectivity index (χ1v) is 11.7. The summed E-state index contributed by atoms with van der Waals surface area (Å²) in [7, 11) is -3.81. The van der Waals surface area contributed by atoms with Crippen molar-refractivity contribution in [1.29, 1.82) is 0 Å². The summed E-state index contributed by atoms with van der Waals surface area (Å²) in [5.74, 6) is 0.703. The predicted octanol–water partition coefficient (Wildman–Crippen LogP) is 1.19. The first-order valence-electron chi connectivity index (χ1n) is 10.3. The molecule has 2 aromatic rings. The van der Waals surface area contributed by atoms with Gasteiger partial charge in [-0.05, 0) is 43.0 Å². The van der Waals surface area contributed by atoms with Gasteiger partial charge in [-0.15, -0.1) is 0 Å². The molecule has 0 bridgehead atoms. The number of aromatic nitrogens is 2. The fourth-order valence-corrected chi connectivity index (χ4v) is 4.76. The first kappa shape index (κ1) is 21.4. The monoisotopic (exact) mass is 447 g/mol. The summed E-state index contributed by atoms with van der Waals surface area (Å²) < 4.78 is 32.0. The summed E-state index contributed by atoms with van der Waals surface area (Å²) in [4.78, 5) is 28.8. The Bertz CT molecular complexity index is 1080. The Hall–Kier alpha value is -2.79. The van der Waals surface area contributed by atoms with Crippen LogP contribution in [0.4, 0.5) is 0 Å². The van der Waals surface area contributed by atoms with Crippen molar-refractivity contribution in [1.82, 2.24) is 25.1 Å². The molecule has 10 nitrogen and oxygen atoms in total. The summed E-state index contributed by atoms with van der Waals surface area (Å²) in [5, 5.41) is 9.51. The molecule has 1 atom stereocenters. The SMILES string of the molecule is CC(C)C(NC(=O)c1ccc(S(=O)(=O)N2CCNC(=O)C2)cc1)c1nc(C2CC2)no1. The lowest BCUT2D eigenvalue weighted by Crippen LogP contribution is -2.49. The molecule has 31 heavy (non-hydrogen) atoms. The van der Waals surface area contributed by atoms with Crippen LogP contribution in [-0.2, 0) is 14.8 Å². The van der Waals surface area contributed by atoms with Crippen LogP contribution in [0.2, 0.25) is 0 Å². The highest BCUT2D eigenvalue weighted by Crippen LogP contribution is 2.38. The van der Waals surface area contributed by atoms with Crippen LogP contribution in [0.1, 0.15) is 60.7 Å². The number of nitrogens with zero attached hydrogens (tertiary/aromatic N) is 3. The van der Waals surface area contributed by atoms with Gasteiger partial charge in [-0.2, -0.15) is 9.29 Å². The second kappa shape index (κ2) is 8.39. The molecule has 166 valence electrons. The summed E-state index contributed by atoms with van der Waals surface area (Å²) in [6.45, 7) is 4.15. The maximum Gasteiger partial charge on any atom is 0.251 e. The molecular formula is C20H25N5O5S. The van der Waals surface area contributed by atoms with Crippen LogP contribution in [0.5, 0.6) is 0 Å². The Kier molecular flexibility index (Phi) is 5.80. The highest BCUT2D eigenvalue weighted by molar-refractivity contribution is 7.89. The Morgan fingerprint density at radius 2 is 1.97 bits per heavy atom. The van der Waals surface area contributed by atoms with Crippen LogP contribution in [0, 0.1) is 5.92 Å². The second-order valence-corrected chi connectivity index (χ2v) is 10.1. The van der Waals surface area contributed by atoms with Crippen molar-refractivity contribution in [2.75, 3.05) is 19.6 Å². The topological polar surface area (TPSA) is 134 Å². The predicted molar refractivity (Wildman–Crippen MR) is 110 cm³/mol. The highest BCUT2D eigenvalue weighted by atomic mass is 32.2. The third-order valence-electron chi connectivity index (χ3n) is 5.38. The van der Waals surface area contributed by atoms with E-state index >= 15 is 0 Å². The molecule has 11 heteroatoms. The Labute approximate surface area is 180 Å². The minimum Gasteiger partial charge on any atom is -0.354 e. The van der Waals surface area contributed by atoms with Crippen LogP contribution >= 0.6 is 0 Å². The van der Waals surface area contributed by atoms with Crippen LogP contribution in [-0.4, -0.2) is 54.3 Å². The van der Waals surface area contributed by atoms with Crippen LogP contribution in [0.3, 0.4) is 0 Å². The highest BCUT2D eigenvalue weighted by Gasteiger charge is 2.32. The molecule has 4 rings (SSSR count). The van der Waals surface area contributed by atoms with Gasteiger partial charge in [0.15, 0.2) is 5.82 Å². The normalized spacial score (nSPS) is 18.6. The summed E-state index contributed by atoms with van der Waals surface area (Å²) in [6.07, 6.45) is 2.10. The number of hydrogen-bond acceptors (Lipinski definition) is 7. The van der Waals surface area contributed by atoms with Gasteiger partial charge in [-0.1, -0.05) is 19.0 Å². The van der Waals surface area contributed by atoms with E-state index in [1.54, 1.807) is 0 Å². The third-order valence-corrected chi connectivity index (χ3v) is 7.24. The maximum atomic E-state index is 12.8. The van der Waals surface area contributed by atoms with Gasteiger partial charge in [0.1, 0.15) is 6.04 Å². The van der Waals surface area contributed by atoms with Crippen molar-refractivity contribution < 1.29 is 22.5 Å². The molecule has 2 N–H and O–H groups in total. The van der Waals surface area contributed by atoms with E-state index in [9.17, 15) is 18.0 Å². The number of carbonyl (C=O) groups excluding carboxylic acids is 2. The van der Waals surface area contributed by atoms with Crippen molar-refractivity contribution >= 4 is 21.8 Å². The minimum atomic E-state index is -3.81. The average molecular weight is 448 g/mol. The molecule has 0 spiro atoms. The fourth-order valence-electron chi connectivity index (χ4n) is 3.37. The lowest BCUT2D eigenvalue weighted by atomic mass is 10.0. The number of nitrogens with one attached hydrogen (secondary N) is 2.